The molecule has 0 aliphatic carbocycles. The van der Waals surface area contributed by atoms with Crippen molar-refractivity contribution in [3.63, 3.8) is 0 Å². The van der Waals surface area contributed by atoms with Crippen molar-refractivity contribution in [1.82, 2.24) is 0 Å². The highest BCUT2D eigenvalue weighted by Crippen LogP contribution is 1.64. The molecular formula is C3H4N2O. The van der Waals surface area contributed by atoms with Gasteiger partial charge in [-0.05, 0) is 0 Å². The fourth-order valence-electron chi connectivity index (χ4n) is 0.0779. The summed E-state index contributed by atoms with van der Waals surface area (Å²) in [5.74, 6) is -0.572. The summed E-state index contributed by atoms with van der Waals surface area (Å²) in [4.78, 5) is 9.60. The van der Waals surface area contributed by atoms with Gasteiger partial charge in [-0.1, -0.05) is 0 Å². The summed E-state index contributed by atoms with van der Waals surface area (Å²) < 4.78 is 0. The fourth-order valence-corrected chi connectivity index (χ4v) is 0.0779. The molecule has 0 aromatic rings. The molecule has 2 N–H and O–H groups in total. The van der Waals surface area contributed by atoms with Crippen LogP contribution in [0, 0.1) is 11.3 Å². The standard InChI is InChI=1S/C3H4N2O/c4-2-1-3(5)6/h1H2,(H2,5,6)/i1+2. The van der Waals surface area contributed by atoms with Crippen molar-refractivity contribution < 1.29 is 4.79 Å². The number of rotatable bonds is 1. The number of nitrogens with two attached hydrogens (primary N) is 1. The maximum Gasteiger partial charge on any atom is 0.231 e. The molecule has 0 bridgehead atoms. The van der Waals surface area contributed by atoms with Crippen LogP contribution in [0.5, 0.6) is 0 Å². The zero-order valence-corrected chi connectivity index (χ0v) is 3.14. The van der Waals surface area contributed by atoms with E-state index in [0.717, 1.165) is 0 Å². The maximum atomic E-state index is 9.60. The first kappa shape index (κ1) is 4.96. The molecule has 0 aliphatic heterocycles. The third kappa shape index (κ3) is 2.96. The molecule has 0 unspecified atom stereocenters. The summed E-state index contributed by atoms with van der Waals surface area (Å²) in [6, 6.07) is 1.59. The van der Waals surface area contributed by atoms with Gasteiger partial charge in [-0.3, -0.25) is 4.79 Å². The van der Waals surface area contributed by atoms with Crippen LogP contribution in [0.3, 0.4) is 0 Å². The second-order valence-corrected chi connectivity index (χ2v) is 0.801. The largest absolute Gasteiger partial charge is 0.369 e. The quantitative estimate of drug-likeness (QED) is 0.462. The molecule has 0 heterocycles. The van der Waals surface area contributed by atoms with Crippen LogP contribution in [0.4, 0.5) is 0 Å². The Kier molecular flexibility index (Phi) is 1.83. The van der Waals surface area contributed by atoms with Crippen molar-refractivity contribution in [3.8, 4) is 6.07 Å². The average Bonchev–Trinajstić information content (AvgIpc) is 1.35. The highest BCUT2D eigenvalue weighted by molar-refractivity contribution is 5.75. The molecule has 0 spiro atoms. The van der Waals surface area contributed by atoms with Crippen LogP contribution in [0.1, 0.15) is 6.42 Å². The zero-order chi connectivity index (χ0) is 4.99. The number of primary amides is 1. The van der Waals surface area contributed by atoms with Crippen LogP contribution < -0.4 is 5.73 Å². The van der Waals surface area contributed by atoms with E-state index >= 15 is 0 Å². The van der Waals surface area contributed by atoms with E-state index in [-0.39, 0.29) is 6.42 Å². The lowest BCUT2D eigenvalue weighted by Gasteiger charge is -1.71. The highest BCUT2D eigenvalue weighted by atomic mass is 16.2. The van der Waals surface area contributed by atoms with Gasteiger partial charge in [0.05, 0.1) is 6.07 Å². The Hall–Kier alpha value is -1.04. The third-order valence-corrected chi connectivity index (χ3v) is 0.253. The summed E-state index contributed by atoms with van der Waals surface area (Å²) in [6.45, 7) is 0. The van der Waals surface area contributed by atoms with Crippen molar-refractivity contribution in [3.05, 3.63) is 0 Å². The molecule has 32 valence electrons. The average molecular weight is 86.1 g/mol. The Bertz CT molecular complexity index is 91.5. The number of hydrogen-bond donors (Lipinski definition) is 1. The van der Waals surface area contributed by atoms with E-state index in [2.05, 4.69) is 5.73 Å². The van der Waals surface area contributed by atoms with Gasteiger partial charge in [-0.2, -0.15) is 5.26 Å². The molecule has 0 rings (SSSR count). The summed E-state index contributed by atoms with van der Waals surface area (Å²) >= 11 is 0. The van der Waals surface area contributed by atoms with Gasteiger partial charge in [0.15, 0.2) is 0 Å². The number of amides is 1. The number of carbonyl (C=O) groups is 1. The normalized spacial score (nSPS) is 6.50. The lowest BCUT2D eigenvalue weighted by Crippen LogP contribution is -2.07. The van der Waals surface area contributed by atoms with E-state index in [1.54, 1.807) is 6.07 Å². The topological polar surface area (TPSA) is 66.9 Å². The van der Waals surface area contributed by atoms with E-state index in [4.69, 9.17) is 5.26 Å². The van der Waals surface area contributed by atoms with Crippen LogP contribution in [0.2, 0.25) is 0 Å². The molecule has 3 heteroatoms. The molecule has 1 amide bonds. The monoisotopic (exact) mass is 86.0 g/mol. The van der Waals surface area contributed by atoms with Gasteiger partial charge in [0.1, 0.15) is 6.42 Å². The van der Waals surface area contributed by atoms with Gasteiger partial charge in [-0.25, -0.2) is 0 Å². The molecule has 0 aromatic heterocycles. The predicted molar refractivity (Wildman–Crippen MR) is 19.4 cm³/mol. The second-order valence-electron chi connectivity index (χ2n) is 0.801. The molecule has 0 fully saturated rings. The molecule has 6 heavy (non-hydrogen) atoms. The molecule has 0 saturated heterocycles. The van der Waals surface area contributed by atoms with Crippen LogP contribution >= 0.6 is 0 Å². The summed E-state index contributed by atoms with van der Waals surface area (Å²) in [6.07, 6.45) is -0.181. The van der Waals surface area contributed by atoms with Gasteiger partial charge in [-0.15, -0.1) is 0 Å². The second kappa shape index (κ2) is 2.21. The van der Waals surface area contributed by atoms with Crippen molar-refractivity contribution in [2.45, 2.75) is 6.42 Å². The Morgan fingerprint density at radius 1 is 2.00 bits per heavy atom. The van der Waals surface area contributed by atoms with Crippen molar-refractivity contribution in [2.75, 3.05) is 0 Å². The van der Waals surface area contributed by atoms with E-state index in [0.29, 0.717) is 0 Å². The highest BCUT2D eigenvalue weighted by Gasteiger charge is 1.84. The maximum absolute atomic E-state index is 9.60. The minimum absolute atomic E-state index is 0.181. The van der Waals surface area contributed by atoms with E-state index < -0.39 is 5.91 Å². The zero-order valence-electron chi connectivity index (χ0n) is 3.14. The van der Waals surface area contributed by atoms with Crippen molar-refractivity contribution >= 4 is 5.91 Å². The van der Waals surface area contributed by atoms with Crippen LogP contribution in [0.15, 0.2) is 0 Å². The summed E-state index contributed by atoms with van der Waals surface area (Å²) in [7, 11) is 0. The third-order valence-electron chi connectivity index (χ3n) is 0.253. The van der Waals surface area contributed by atoms with Gasteiger partial charge in [0.2, 0.25) is 5.91 Å². The number of nitriles is 1. The van der Waals surface area contributed by atoms with Gasteiger partial charge < -0.3 is 5.73 Å². The van der Waals surface area contributed by atoms with E-state index in [9.17, 15) is 4.79 Å². The Balaban J connectivity index is 3.13. The Labute approximate surface area is 35.4 Å². The van der Waals surface area contributed by atoms with Crippen LogP contribution in [0.25, 0.3) is 0 Å². The number of nitrogens with zero attached hydrogens (tertiary/aromatic N) is 1. The van der Waals surface area contributed by atoms with Gasteiger partial charge >= 0.3 is 0 Å². The van der Waals surface area contributed by atoms with Gasteiger partial charge in [0.25, 0.3) is 0 Å². The Morgan fingerprint density at radius 2 is 2.50 bits per heavy atom. The van der Waals surface area contributed by atoms with Crippen LogP contribution in [-0.2, 0) is 4.79 Å². The van der Waals surface area contributed by atoms with Crippen molar-refractivity contribution in [1.29, 1.82) is 5.26 Å². The SMILES string of the molecule is N#C[14CH2]C(N)=O. The number of carbonyl (C=O) groups excluding carboxylic acids is 1. The Morgan fingerprint density at radius 3 is 2.50 bits per heavy atom. The van der Waals surface area contributed by atoms with Crippen molar-refractivity contribution in [2.24, 2.45) is 5.73 Å². The lowest BCUT2D eigenvalue weighted by atomic mass is 11.0. The molecule has 0 radical (unpaired) electrons. The first-order chi connectivity index (χ1) is 2.77. The summed E-state index contributed by atoms with van der Waals surface area (Å²) in [5, 5.41) is 7.69. The molecule has 0 saturated carbocycles. The number of hydrogen-bond acceptors (Lipinski definition) is 2. The minimum atomic E-state index is -0.572. The molecule has 0 aromatic carbocycles. The lowest BCUT2D eigenvalue weighted by molar-refractivity contribution is -0.117. The molecule has 0 atom stereocenters. The molecular weight excluding hydrogens is 82.0 g/mol. The first-order valence-corrected chi connectivity index (χ1v) is 1.42. The van der Waals surface area contributed by atoms with Gasteiger partial charge in [0, 0.05) is 0 Å². The van der Waals surface area contributed by atoms with Crippen LogP contribution in [-0.4, -0.2) is 5.91 Å². The molecule has 0 aliphatic rings. The fraction of sp³-hybridized carbons (Fsp3) is 0.333. The summed E-state index contributed by atoms with van der Waals surface area (Å²) in [5.41, 5.74) is 4.54. The minimum Gasteiger partial charge on any atom is -0.369 e. The van der Waals surface area contributed by atoms with E-state index in [1.807, 2.05) is 0 Å². The predicted octanol–water partition coefficient (Wildman–Crippen LogP) is -0.615. The molecule has 3 nitrogen and oxygen atoms in total. The first-order valence-electron chi connectivity index (χ1n) is 1.42. The van der Waals surface area contributed by atoms with E-state index in [1.165, 1.54) is 0 Å². The smallest absolute Gasteiger partial charge is 0.231 e.